The van der Waals surface area contributed by atoms with Crippen LogP contribution in [0.4, 0.5) is 5.69 Å². The van der Waals surface area contributed by atoms with Gasteiger partial charge in [-0.25, -0.2) is 13.6 Å². The van der Waals surface area contributed by atoms with Crippen LogP contribution in [0.3, 0.4) is 0 Å². The first-order chi connectivity index (χ1) is 9.02. The summed E-state index contributed by atoms with van der Waals surface area (Å²) >= 11 is 0. The summed E-state index contributed by atoms with van der Waals surface area (Å²) in [7, 11) is -3.67. The number of sulfonamides is 1. The van der Waals surface area contributed by atoms with Crippen molar-refractivity contribution in [1.29, 1.82) is 0 Å². The maximum atomic E-state index is 11.6. The fourth-order valence-electron chi connectivity index (χ4n) is 2.92. The van der Waals surface area contributed by atoms with Crippen LogP contribution in [-0.4, -0.2) is 14.5 Å². The Morgan fingerprint density at radius 3 is 2.63 bits per heavy atom. The molecular formula is C14H22N2O2S. The second-order valence-corrected chi connectivity index (χ2v) is 6.77. The van der Waals surface area contributed by atoms with Gasteiger partial charge in [0.15, 0.2) is 0 Å². The number of anilines is 1. The fourth-order valence-corrected chi connectivity index (χ4v) is 3.62. The molecule has 0 amide bonds. The average molecular weight is 282 g/mol. The lowest BCUT2D eigenvalue weighted by atomic mass is 9.83. The van der Waals surface area contributed by atoms with Crippen LogP contribution >= 0.6 is 0 Å². The van der Waals surface area contributed by atoms with Gasteiger partial charge in [0.2, 0.25) is 10.0 Å². The molecule has 1 fully saturated rings. The maximum Gasteiger partial charge on any atom is 0.240 e. The van der Waals surface area contributed by atoms with E-state index in [1.54, 1.807) is 18.2 Å². The molecular weight excluding hydrogens is 260 g/mol. The van der Waals surface area contributed by atoms with Crippen molar-refractivity contribution >= 4 is 15.7 Å². The summed E-state index contributed by atoms with van der Waals surface area (Å²) < 4.78 is 23.2. The van der Waals surface area contributed by atoms with Gasteiger partial charge in [0.1, 0.15) is 4.90 Å². The van der Waals surface area contributed by atoms with E-state index in [0.717, 1.165) is 12.8 Å². The van der Waals surface area contributed by atoms with Crippen LogP contribution in [0.25, 0.3) is 0 Å². The standard InChI is InChI=1S/C14H22N2O2S/c1-2-11-7-3-4-8-12(11)16-13-9-5-6-10-14(13)19(15,17)18/h5-6,9-12,16H,2-4,7-8H2,1H3,(H2,15,17,18). The summed E-state index contributed by atoms with van der Waals surface area (Å²) in [6.07, 6.45) is 5.90. The van der Waals surface area contributed by atoms with Crippen molar-refractivity contribution in [2.75, 3.05) is 5.32 Å². The third-order valence-corrected chi connectivity index (χ3v) is 4.94. The molecule has 0 spiro atoms. The third-order valence-electron chi connectivity index (χ3n) is 3.97. The largest absolute Gasteiger partial charge is 0.381 e. The van der Waals surface area contributed by atoms with E-state index in [1.807, 2.05) is 6.07 Å². The Bertz CT molecular complexity index is 528. The van der Waals surface area contributed by atoms with E-state index in [-0.39, 0.29) is 4.90 Å². The molecule has 0 radical (unpaired) electrons. The van der Waals surface area contributed by atoms with E-state index in [0.29, 0.717) is 17.6 Å². The Labute approximate surface area is 115 Å². The first kappa shape index (κ1) is 14.3. The van der Waals surface area contributed by atoms with Crippen LogP contribution < -0.4 is 10.5 Å². The van der Waals surface area contributed by atoms with Crippen LogP contribution in [0.5, 0.6) is 0 Å². The molecule has 2 rings (SSSR count). The van der Waals surface area contributed by atoms with E-state index in [4.69, 9.17) is 5.14 Å². The lowest BCUT2D eigenvalue weighted by Gasteiger charge is -2.32. The zero-order valence-electron chi connectivity index (χ0n) is 11.3. The van der Waals surface area contributed by atoms with Crippen molar-refractivity contribution in [3.63, 3.8) is 0 Å². The van der Waals surface area contributed by atoms with Gasteiger partial charge in [-0.3, -0.25) is 0 Å². The van der Waals surface area contributed by atoms with Crippen LogP contribution in [0.1, 0.15) is 39.0 Å². The Balaban J connectivity index is 2.23. The van der Waals surface area contributed by atoms with Gasteiger partial charge >= 0.3 is 0 Å². The Hall–Kier alpha value is -1.07. The van der Waals surface area contributed by atoms with Gasteiger partial charge < -0.3 is 5.32 Å². The molecule has 2 atom stereocenters. The SMILES string of the molecule is CCC1CCCCC1Nc1ccccc1S(N)(=O)=O. The minimum absolute atomic E-state index is 0.190. The minimum atomic E-state index is -3.67. The summed E-state index contributed by atoms with van der Waals surface area (Å²) in [6, 6.07) is 7.23. The van der Waals surface area contributed by atoms with Gasteiger partial charge in [-0.1, -0.05) is 38.3 Å². The molecule has 1 aromatic carbocycles. The molecule has 0 aliphatic heterocycles. The predicted octanol–water partition coefficient (Wildman–Crippen LogP) is 2.71. The Morgan fingerprint density at radius 2 is 1.95 bits per heavy atom. The lowest BCUT2D eigenvalue weighted by Crippen LogP contribution is -2.32. The predicted molar refractivity (Wildman–Crippen MR) is 77.5 cm³/mol. The molecule has 0 aromatic heterocycles. The molecule has 4 nitrogen and oxygen atoms in total. The van der Waals surface area contributed by atoms with E-state index >= 15 is 0 Å². The van der Waals surface area contributed by atoms with Crippen LogP contribution in [-0.2, 0) is 10.0 Å². The minimum Gasteiger partial charge on any atom is -0.381 e. The number of primary sulfonamides is 1. The zero-order chi connectivity index (χ0) is 13.9. The van der Waals surface area contributed by atoms with Gasteiger partial charge in [-0.2, -0.15) is 0 Å². The van der Waals surface area contributed by atoms with Crippen molar-refractivity contribution in [3.05, 3.63) is 24.3 Å². The molecule has 0 bridgehead atoms. The number of nitrogens with one attached hydrogen (secondary N) is 1. The molecule has 0 heterocycles. The van der Waals surface area contributed by atoms with Crippen molar-refractivity contribution in [2.45, 2.75) is 50.0 Å². The second-order valence-electron chi connectivity index (χ2n) is 5.24. The first-order valence-electron chi connectivity index (χ1n) is 6.90. The molecule has 106 valence electrons. The molecule has 1 aliphatic rings. The highest BCUT2D eigenvalue weighted by atomic mass is 32.2. The van der Waals surface area contributed by atoms with Crippen LogP contribution in [0.15, 0.2) is 29.2 Å². The highest BCUT2D eigenvalue weighted by molar-refractivity contribution is 7.89. The van der Waals surface area contributed by atoms with Crippen LogP contribution in [0.2, 0.25) is 0 Å². The number of benzene rings is 1. The molecule has 1 aliphatic carbocycles. The maximum absolute atomic E-state index is 11.6. The van der Waals surface area contributed by atoms with Gasteiger partial charge in [0, 0.05) is 6.04 Å². The van der Waals surface area contributed by atoms with Gasteiger partial charge in [-0.15, -0.1) is 0 Å². The number of rotatable bonds is 4. The molecule has 5 heteroatoms. The number of hydrogen-bond acceptors (Lipinski definition) is 3. The van der Waals surface area contributed by atoms with Crippen molar-refractivity contribution in [1.82, 2.24) is 0 Å². The normalized spacial score (nSPS) is 24.1. The van der Waals surface area contributed by atoms with E-state index in [9.17, 15) is 8.42 Å². The third kappa shape index (κ3) is 3.48. The Kier molecular flexibility index (Phi) is 4.47. The van der Waals surface area contributed by atoms with E-state index < -0.39 is 10.0 Å². The van der Waals surface area contributed by atoms with Crippen LogP contribution in [0, 0.1) is 5.92 Å². The summed E-state index contributed by atoms with van der Waals surface area (Å²) in [5.41, 5.74) is 0.635. The fraction of sp³-hybridized carbons (Fsp3) is 0.571. The smallest absolute Gasteiger partial charge is 0.240 e. The highest BCUT2D eigenvalue weighted by Crippen LogP contribution is 2.31. The molecule has 3 N–H and O–H groups in total. The van der Waals surface area contributed by atoms with Gasteiger partial charge in [0.25, 0.3) is 0 Å². The first-order valence-corrected chi connectivity index (χ1v) is 8.45. The Morgan fingerprint density at radius 1 is 1.26 bits per heavy atom. The van der Waals surface area contributed by atoms with Crippen molar-refractivity contribution in [3.8, 4) is 0 Å². The molecule has 1 aromatic rings. The summed E-state index contributed by atoms with van der Waals surface area (Å²) in [4.78, 5) is 0.190. The summed E-state index contributed by atoms with van der Waals surface area (Å²) in [5.74, 6) is 0.613. The van der Waals surface area contributed by atoms with Gasteiger partial charge in [0.05, 0.1) is 5.69 Å². The summed E-state index contributed by atoms with van der Waals surface area (Å²) in [6.45, 7) is 2.19. The monoisotopic (exact) mass is 282 g/mol. The van der Waals surface area contributed by atoms with Crippen molar-refractivity contribution in [2.24, 2.45) is 11.1 Å². The molecule has 2 unspecified atom stereocenters. The molecule has 1 saturated carbocycles. The van der Waals surface area contributed by atoms with E-state index in [2.05, 4.69) is 12.2 Å². The lowest BCUT2D eigenvalue weighted by molar-refractivity contribution is 0.317. The van der Waals surface area contributed by atoms with E-state index in [1.165, 1.54) is 19.3 Å². The average Bonchev–Trinajstić information content (AvgIpc) is 2.39. The summed E-state index contributed by atoms with van der Waals surface area (Å²) in [5, 5.41) is 8.66. The highest BCUT2D eigenvalue weighted by Gasteiger charge is 2.25. The topological polar surface area (TPSA) is 72.2 Å². The number of nitrogens with two attached hydrogens (primary N) is 1. The molecule has 19 heavy (non-hydrogen) atoms. The second kappa shape index (κ2) is 5.92. The quantitative estimate of drug-likeness (QED) is 0.892. The number of hydrogen-bond donors (Lipinski definition) is 2. The zero-order valence-corrected chi connectivity index (χ0v) is 12.1. The van der Waals surface area contributed by atoms with Crippen molar-refractivity contribution < 1.29 is 8.42 Å². The molecule has 0 saturated heterocycles. The van der Waals surface area contributed by atoms with Gasteiger partial charge in [-0.05, 0) is 30.9 Å². The number of para-hydroxylation sites is 1.